The van der Waals surface area contributed by atoms with Crippen molar-refractivity contribution in [3.63, 3.8) is 0 Å². The lowest BCUT2D eigenvalue weighted by atomic mass is 10.1. The topological polar surface area (TPSA) is 12.0 Å². The van der Waals surface area contributed by atoms with E-state index in [1.54, 1.807) is 0 Å². The SMILES string of the molecule is Brc1cccc(NCc2cccc(C3CC3)c2)c1. The molecule has 0 radical (unpaired) electrons. The van der Waals surface area contributed by atoms with Crippen LogP contribution in [0, 0.1) is 0 Å². The number of hydrogen-bond acceptors (Lipinski definition) is 1. The van der Waals surface area contributed by atoms with Crippen LogP contribution in [0.3, 0.4) is 0 Å². The molecule has 0 atom stereocenters. The van der Waals surface area contributed by atoms with Crippen LogP contribution in [0.15, 0.2) is 53.0 Å². The van der Waals surface area contributed by atoms with E-state index in [0.717, 1.165) is 22.6 Å². The van der Waals surface area contributed by atoms with Crippen molar-refractivity contribution in [3.05, 3.63) is 64.1 Å². The second-order valence-corrected chi connectivity index (χ2v) is 5.80. The van der Waals surface area contributed by atoms with Crippen LogP contribution in [0.4, 0.5) is 5.69 Å². The molecule has 0 amide bonds. The molecule has 0 saturated heterocycles. The highest BCUT2D eigenvalue weighted by Crippen LogP contribution is 2.40. The summed E-state index contributed by atoms with van der Waals surface area (Å²) < 4.78 is 1.11. The molecule has 0 unspecified atom stereocenters. The first-order valence-electron chi connectivity index (χ1n) is 6.39. The van der Waals surface area contributed by atoms with Crippen LogP contribution >= 0.6 is 15.9 Å². The van der Waals surface area contributed by atoms with E-state index in [9.17, 15) is 0 Å². The number of anilines is 1. The Labute approximate surface area is 116 Å². The third-order valence-electron chi connectivity index (χ3n) is 3.32. The van der Waals surface area contributed by atoms with E-state index in [4.69, 9.17) is 0 Å². The van der Waals surface area contributed by atoms with Crippen molar-refractivity contribution >= 4 is 21.6 Å². The van der Waals surface area contributed by atoms with Crippen LogP contribution in [-0.2, 0) is 6.54 Å². The molecule has 3 rings (SSSR count). The second-order valence-electron chi connectivity index (χ2n) is 4.88. The van der Waals surface area contributed by atoms with Gasteiger partial charge in [-0.05, 0) is 48.1 Å². The minimum absolute atomic E-state index is 0.829. The van der Waals surface area contributed by atoms with Crippen LogP contribution in [0.5, 0.6) is 0 Å². The molecule has 0 spiro atoms. The van der Waals surface area contributed by atoms with Crippen LogP contribution in [0.2, 0.25) is 0 Å². The van der Waals surface area contributed by atoms with Crippen LogP contribution in [0.25, 0.3) is 0 Å². The van der Waals surface area contributed by atoms with Gasteiger partial charge >= 0.3 is 0 Å². The van der Waals surface area contributed by atoms with Gasteiger partial charge < -0.3 is 5.32 Å². The minimum atomic E-state index is 0.829. The highest BCUT2D eigenvalue weighted by molar-refractivity contribution is 9.10. The lowest BCUT2D eigenvalue weighted by Crippen LogP contribution is -1.99. The molecule has 92 valence electrons. The Hall–Kier alpha value is -1.28. The number of benzene rings is 2. The molecule has 0 aromatic heterocycles. The van der Waals surface area contributed by atoms with Crippen molar-refractivity contribution in [2.75, 3.05) is 5.32 Å². The average Bonchev–Trinajstić information content (AvgIpc) is 3.21. The first-order valence-corrected chi connectivity index (χ1v) is 7.19. The van der Waals surface area contributed by atoms with E-state index in [2.05, 4.69) is 57.6 Å². The molecule has 1 nitrogen and oxygen atoms in total. The molecule has 2 aromatic carbocycles. The highest BCUT2D eigenvalue weighted by Gasteiger charge is 2.23. The highest BCUT2D eigenvalue weighted by atomic mass is 79.9. The zero-order valence-corrected chi connectivity index (χ0v) is 11.8. The summed E-state index contributed by atoms with van der Waals surface area (Å²) in [6.45, 7) is 0.886. The average molecular weight is 302 g/mol. The van der Waals surface area contributed by atoms with E-state index in [1.165, 1.54) is 24.0 Å². The zero-order valence-electron chi connectivity index (χ0n) is 10.2. The molecule has 0 aliphatic heterocycles. The Bertz CT molecular complexity index is 546. The summed E-state index contributed by atoms with van der Waals surface area (Å²) >= 11 is 3.49. The van der Waals surface area contributed by atoms with Gasteiger partial charge in [-0.1, -0.05) is 46.3 Å². The van der Waals surface area contributed by atoms with Gasteiger partial charge in [-0.2, -0.15) is 0 Å². The summed E-state index contributed by atoms with van der Waals surface area (Å²) in [6, 6.07) is 17.2. The van der Waals surface area contributed by atoms with Gasteiger partial charge in [-0.25, -0.2) is 0 Å². The maximum absolute atomic E-state index is 3.49. The summed E-state index contributed by atoms with van der Waals surface area (Å²) in [7, 11) is 0. The minimum Gasteiger partial charge on any atom is -0.381 e. The van der Waals surface area contributed by atoms with E-state index in [-0.39, 0.29) is 0 Å². The van der Waals surface area contributed by atoms with Crippen molar-refractivity contribution < 1.29 is 0 Å². The normalized spacial score (nSPS) is 14.5. The van der Waals surface area contributed by atoms with Crippen molar-refractivity contribution in [3.8, 4) is 0 Å². The molecular weight excluding hydrogens is 286 g/mol. The Kier molecular flexibility index (Phi) is 3.37. The van der Waals surface area contributed by atoms with Crippen molar-refractivity contribution in [1.29, 1.82) is 0 Å². The quantitative estimate of drug-likeness (QED) is 0.843. The molecule has 1 aliphatic rings. The maximum atomic E-state index is 3.49. The molecule has 1 N–H and O–H groups in total. The number of hydrogen-bond donors (Lipinski definition) is 1. The predicted molar refractivity (Wildman–Crippen MR) is 79.9 cm³/mol. The summed E-state index contributed by atoms with van der Waals surface area (Å²) in [5, 5.41) is 3.46. The van der Waals surface area contributed by atoms with E-state index >= 15 is 0 Å². The van der Waals surface area contributed by atoms with Gasteiger partial charge in [0.2, 0.25) is 0 Å². The standard InChI is InChI=1S/C16H16BrN/c17-15-5-2-6-16(10-15)18-11-12-3-1-4-14(9-12)13-7-8-13/h1-6,9-10,13,18H,7-8,11H2. The number of nitrogens with one attached hydrogen (secondary N) is 1. The largest absolute Gasteiger partial charge is 0.381 e. The van der Waals surface area contributed by atoms with Gasteiger partial charge in [-0.3, -0.25) is 0 Å². The molecule has 18 heavy (non-hydrogen) atoms. The van der Waals surface area contributed by atoms with E-state index in [1.807, 2.05) is 12.1 Å². The molecule has 2 heteroatoms. The molecule has 0 bridgehead atoms. The summed E-state index contributed by atoms with van der Waals surface area (Å²) in [5.74, 6) is 0.829. The summed E-state index contributed by atoms with van der Waals surface area (Å²) in [6.07, 6.45) is 2.73. The molecule has 1 fully saturated rings. The van der Waals surface area contributed by atoms with Crippen LogP contribution in [0.1, 0.15) is 29.9 Å². The van der Waals surface area contributed by atoms with Gasteiger partial charge in [0, 0.05) is 16.7 Å². The third-order valence-corrected chi connectivity index (χ3v) is 3.81. The van der Waals surface area contributed by atoms with Crippen LogP contribution < -0.4 is 5.32 Å². The van der Waals surface area contributed by atoms with Gasteiger partial charge in [0.05, 0.1) is 0 Å². The Morgan fingerprint density at radius 2 is 1.89 bits per heavy atom. The third kappa shape index (κ3) is 2.94. The Balaban J connectivity index is 1.67. The lowest BCUT2D eigenvalue weighted by Gasteiger charge is -2.08. The summed E-state index contributed by atoms with van der Waals surface area (Å²) in [5.41, 5.74) is 4.02. The van der Waals surface area contributed by atoms with Gasteiger partial charge in [0.15, 0.2) is 0 Å². The van der Waals surface area contributed by atoms with Crippen molar-refractivity contribution in [2.45, 2.75) is 25.3 Å². The van der Waals surface area contributed by atoms with Gasteiger partial charge in [0.1, 0.15) is 0 Å². The fourth-order valence-corrected chi connectivity index (χ4v) is 2.58. The number of halogens is 1. The Morgan fingerprint density at radius 3 is 2.67 bits per heavy atom. The molecule has 2 aromatic rings. The smallest absolute Gasteiger partial charge is 0.0400 e. The second kappa shape index (κ2) is 5.15. The Morgan fingerprint density at radius 1 is 1.06 bits per heavy atom. The van der Waals surface area contributed by atoms with Crippen molar-refractivity contribution in [2.24, 2.45) is 0 Å². The molecule has 0 heterocycles. The summed E-state index contributed by atoms with van der Waals surface area (Å²) in [4.78, 5) is 0. The molecule has 1 aliphatic carbocycles. The zero-order chi connectivity index (χ0) is 12.4. The first kappa shape index (κ1) is 11.8. The first-order chi connectivity index (χ1) is 8.81. The lowest BCUT2D eigenvalue weighted by molar-refractivity contribution is 1.08. The monoisotopic (exact) mass is 301 g/mol. The number of rotatable bonds is 4. The van der Waals surface area contributed by atoms with E-state index in [0.29, 0.717) is 0 Å². The fraction of sp³-hybridized carbons (Fsp3) is 0.250. The van der Waals surface area contributed by atoms with Crippen LogP contribution in [-0.4, -0.2) is 0 Å². The maximum Gasteiger partial charge on any atom is 0.0400 e. The predicted octanol–water partition coefficient (Wildman–Crippen LogP) is 4.94. The fourth-order valence-electron chi connectivity index (χ4n) is 2.18. The molecule has 1 saturated carbocycles. The van der Waals surface area contributed by atoms with Crippen molar-refractivity contribution in [1.82, 2.24) is 0 Å². The molecular formula is C16H16BrN. The van der Waals surface area contributed by atoms with E-state index < -0.39 is 0 Å². The van der Waals surface area contributed by atoms with Gasteiger partial charge in [0.25, 0.3) is 0 Å². The van der Waals surface area contributed by atoms with Gasteiger partial charge in [-0.15, -0.1) is 0 Å².